The summed E-state index contributed by atoms with van der Waals surface area (Å²) < 4.78 is 6.56. The van der Waals surface area contributed by atoms with E-state index in [1.54, 1.807) is 18.2 Å². The lowest BCUT2D eigenvalue weighted by molar-refractivity contribution is -0.690. The SMILES string of the molecule is CN(c1cc[n+](Cc2cc(C[n+]3ccc(N(C)c4cc(Cl)cc(Cl)c4)cc3)cc(C[n+]3ccc(N(C)c4cc(Cl)cc(Cl)c4)cc3)c2)cc1)c1cc(Cl)cc(Cl)c1.[Br-].[Br-].[Br-]. The maximum absolute atomic E-state index is 6.29. The summed E-state index contributed by atoms with van der Waals surface area (Å²) >= 11 is 37.7. The molecule has 4 aromatic carbocycles. The fourth-order valence-corrected chi connectivity index (χ4v) is 8.27. The van der Waals surface area contributed by atoms with Gasteiger partial charge in [0.15, 0.2) is 56.8 Å². The Balaban J connectivity index is 0.00000265. The Labute approximate surface area is 413 Å². The van der Waals surface area contributed by atoms with Gasteiger partial charge in [-0.25, -0.2) is 13.7 Å². The van der Waals surface area contributed by atoms with Crippen LogP contribution in [0.5, 0.6) is 0 Å². The fourth-order valence-electron chi connectivity index (χ4n) is 6.73. The molecule has 0 saturated carbocycles. The van der Waals surface area contributed by atoms with Crippen LogP contribution in [0.2, 0.25) is 30.1 Å². The van der Waals surface area contributed by atoms with Crippen LogP contribution in [0.15, 0.2) is 146 Å². The van der Waals surface area contributed by atoms with Gasteiger partial charge in [0.2, 0.25) is 0 Å². The lowest BCUT2D eigenvalue weighted by Crippen LogP contribution is -3.00. The number of nitrogens with zero attached hydrogens (tertiary/aromatic N) is 6. The van der Waals surface area contributed by atoms with Gasteiger partial charge in [-0.1, -0.05) is 69.6 Å². The summed E-state index contributed by atoms with van der Waals surface area (Å²) in [4.78, 5) is 6.20. The van der Waals surface area contributed by atoms with E-state index in [2.05, 4.69) is 120 Å². The summed E-state index contributed by atoms with van der Waals surface area (Å²) in [5, 5.41) is 3.58. The van der Waals surface area contributed by atoms with Gasteiger partial charge in [-0.3, -0.25) is 0 Å². The third kappa shape index (κ3) is 13.0. The molecule has 0 saturated heterocycles. The Morgan fingerprint density at radius 1 is 0.317 bits per heavy atom. The average Bonchev–Trinajstić information content (AvgIpc) is 3.17. The molecule has 312 valence electrons. The molecule has 0 aliphatic rings. The van der Waals surface area contributed by atoms with Crippen LogP contribution in [0, 0.1) is 0 Å². The molecule has 0 bridgehead atoms. The van der Waals surface area contributed by atoms with Crippen LogP contribution in [0.1, 0.15) is 16.7 Å². The minimum Gasteiger partial charge on any atom is -1.00 e. The highest BCUT2D eigenvalue weighted by atomic mass is 79.9. The lowest BCUT2D eigenvalue weighted by atomic mass is 10.0. The predicted octanol–water partition coefficient (Wildman–Crippen LogP) is 2.93. The topological polar surface area (TPSA) is 21.4 Å². The molecule has 0 N–H and O–H groups in total. The Kier molecular flexibility index (Phi) is 18.4. The van der Waals surface area contributed by atoms with Crippen molar-refractivity contribution >= 4 is 104 Å². The maximum Gasteiger partial charge on any atom is 0.173 e. The summed E-state index contributed by atoms with van der Waals surface area (Å²) in [7, 11) is 6.00. The minimum atomic E-state index is 0. The molecule has 60 heavy (non-hydrogen) atoms. The van der Waals surface area contributed by atoms with E-state index in [0.717, 1.165) is 34.1 Å². The van der Waals surface area contributed by atoms with E-state index >= 15 is 0 Å². The van der Waals surface area contributed by atoms with E-state index in [-0.39, 0.29) is 50.9 Å². The highest BCUT2D eigenvalue weighted by Gasteiger charge is 2.16. The van der Waals surface area contributed by atoms with Gasteiger partial charge in [0.25, 0.3) is 0 Å². The first-order valence-corrected chi connectivity index (χ1v) is 20.3. The maximum atomic E-state index is 6.29. The van der Waals surface area contributed by atoms with E-state index < -0.39 is 0 Å². The molecule has 0 aliphatic heterocycles. The van der Waals surface area contributed by atoms with Crippen molar-refractivity contribution in [2.75, 3.05) is 35.8 Å². The van der Waals surface area contributed by atoms with Crippen LogP contribution < -0.4 is 79.3 Å². The molecular formula is C45H39Br3Cl6N6. The second-order valence-corrected chi connectivity index (χ2v) is 16.5. The quantitative estimate of drug-likeness (QED) is 0.176. The first kappa shape index (κ1) is 49.6. The van der Waals surface area contributed by atoms with Gasteiger partial charge in [-0.15, -0.1) is 0 Å². The van der Waals surface area contributed by atoms with Crippen molar-refractivity contribution in [3.63, 3.8) is 0 Å². The minimum absolute atomic E-state index is 0. The fraction of sp³-hybridized carbons (Fsp3) is 0.133. The van der Waals surface area contributed by atoms with Crippen molar-refractivity contribution in [3.05, 3.63) is 193 Å². The van der Waals surface area contributed by atoms with E-state index in [0.29, 0.717) is 49.8 Å². The predicted molar refractivity (Wildman–Crippen MR) is 237 cm³/mol. The number of benzene rings is 4. The number of hydrogen-bond donors (Lipinski definition) is 0. The molecule has 7 rings (SSSR count). The van der Waals surface area contributed by atoms with Crippen molar-refractivity contribution in [3.8, 4) is 0 Å². The van der Waals surface area contributed by atoms with Crippen LogP contribution in [0.4, 0.5) is 34.1 Å². The van der Waals surface area contributed by atoms with E-state index in [1.165, 1.54) is 16.7 Å². The molecule has 3 aromatic heterocycles. The molecule has 7 aromatic rings. The number of rotatable bonds is 12. The molecule has 0 fully saturated rings. The van der Waals surface area contributed by atoms with Gasteiger partial charge in [0, 0.05) is 121 Å². The van der Waals surface area contributed by atoms with Gasteiger partial charge in [-0.05, 0) is 72.8 Å². The van der Waals surface area contributed by atoms with Crippen molar-refractivity contribution in [2.24, 2.45) is 0 Å². The summed E-state index contributed by atoms with van der Waals surface area (Å²) in [6.45, 7) is 2.09. The van der Waals surface area contributed by atoms with Crippen LogP contribution in [0.3, 0.4) is 0 Å². The molecule has 3 heterocycles. The number of anilines is 6. The number of hydrogen-bond acceptors (Lipinski definition) is 3. The highest BCUT2D eigenvalue weighted by Crippen LogP contribution is 2.31. The van der Waals surface area contributed by atoms with Crippen molar-refractivity contribution in [2.45, 2.75) is 19.6 Å². The molecule has 0 radical (unpaired) electrons. The molecule has 0 amide bonds. The first-order valence-electron chi connectivity index (χ1n) is 18.0. The second kappa shape index (κ2) is 22.3. The Hall–Kier alpha value is -3.09. The Morgan fingerprint density at radius 2 is 0.517 bits per heavy atom. The van der Waals surface area contributed by atoms with Crippen LogP contribution >= 0.6 is 69.6 Å². The van der Waals surface area contributed by atoms with Gasteiger partial charge in [0.05, 0.1) is 17.1 Å². The van der Waals surface area contributed by atoms with E-state index in [1.807, 2.05) is 57.5 Å². The molecular weight excluding hydrogens is 1080 g/mol. The number of aromatic nitrogens is 3. The lowest BCUT2D eigenvalue weighted by Gasteiger charge is -2.19. The molecule has 0 atom stereocenters. The van der Waals surface area contributed by atoms with Crippen molar-refractivity contribution in [1.82, 2.24) is 0 Å². The molecule has 0 unspecified atom stereocenters. The monoisotopic (exact) mass is 1110 g/mol. The molecule has 6 nitrogen and oxygen atoms in total. The van der Waals surface area contributed by atoms with Crippen molar-refractivity contribution in [1.29, 1.82) is 0 Å². The molecule has 0 spiro atoms. The third-order valence-electron chi connectivity index (χ3n) is 9.69. The zero-order valence-electron chi connectivity index (χ0n) is 32.6. The molecule has 0 aliphatic carbocycles. The van der Waals surface area contributed by atoms with Crippen LogP contribution in [-0.2, 0) is 19.6 Å². The normalized spacial score (nSPS) is 10.6. The van der Waals surface area contributed by atoms with Gasteiger partial charge in [0.1, 0.15) is 0 Å². The van der Waals surface area contributed by atoms with E-state index in [4.69, 9.17) is 69.6 Å². The Morgan fingerprint density at radius 3 is 0.717 bits per heavy atom. The summed E-state index contributed by atoms with van der Waals surface area (Å²) in [6.07, 6.45) is 12.6. The van der Waals surface area contributed by atoms with Gasteiger partial charge in [-0.2, -0.15) is 0 Å². The van der Waals surface area contributed by atoms with Gasteiger partial charge < -0.3 is 65.6 Å². The Bertz CT molecular complexity index is 2180. The number of pyridine rings is 3. The summed E-state index contributed by atoms with van der Waals surface area (Å²) in [6, 6.07) is 36.0. The standard InChI is InChI=1S/C45H39Cl6N6.3BrH/c1-52(43-22-34(46)19-35(47)23-43)40-4-10-55(11-5-40)28-31-16-32(29-56-12-6-41(7-13-56)53(2)44-24-36(48)20-37(49)25-44)18-33(17-31)30-57-14-8-42(9-15-57)54(3)45-26-38(50)21-39(51)27-45;;;/h4-27H,28-30H2,1-3H3;3*1H/q+3;;;/p-3. The zero-order chi connectivity index (χ0) is 40.2. The van der Waals surface area contributed by atoms with Crippen LogP contribution in [-0.4, -0.2) is 21.1 Å². The number of halogens is 9. The largest absolute Gasteiger partial charge is 1.00 e. The third-order valence-corrected chi connectivity index (χ3v) is 11.0. The van der Waals surface area contributed by atoms with Gasteiger partial charge >= 0.3 is 0 Å². The van der Waals surface area contributed by atoms with E-state index in [9.17, 15) is 0 Å². The summed E-state index contributed by atoms with van der Waals surface area (Å²) in [5.41, 5.74) is 9.39. The highest BCUT2D eigenvalue weighted by molar-refractivity contribution is 6.36. The first-order chi connectivity index (χ1) is 27.3. The van der Waals surface area contributed by atoms with Crippen LogP contribution in [0.25, 0.3) is 0 Å². The zero-order valence-corrected chi connectivity index (χ0v) is 41.9. The molecule has 15 heteroatoms. The van der Waals surface area contributed by atoms with Crippen molar-refractivity contribution < 1.29 is 64.6 Å². The average molecular weight is 1120 g/mol. The second-order valence-electron chi connectivity index (χ2n) is 13.9. The summed E-state index contributed by atoms with van der Waals surface area (Å²) in [5.74, 6) is 0. The smallest absolute Gasteiger partial charge is 0.173 e.